The van der Waals surface area contributed by atoms with Crippen molar-refractivity contribution < 1.29 is 4.79 Å². The van der Waals surface area contributed by atoms with Crippen molar-refractivity contribution in [2.75, 3.05) is 6.54 Å². The van der Waals surface area contributed by atoms with Gasteiger partial charge in [-0.25, -0.2) is 0 Å². The van der Waals surface area contributed by atoms with Crippen LogP contribution in [0.5, 0.6) is 0 Å². The molecular weight excluding hydrogens is 138 g/mol. The van der Waals surface area contributed by atoms with Gasteiger partial charge in [0.2, 0.25) is 0 Å². The molecule has 0 spiro atoms. The molecule has 0 radical (unpaired) electrons. The number of carbonyl (C=O) groups is 1. The van der Waals surface area contributed by atoms with Crippen LogP contribution in [0.1, 0.15) is 39.5 Å². The lowest BCUT2D eigenvalue weighted by molar-refractivity contribution is -0.118. The molecule has 0 fully saturated rings. The number of hydrogen-bond donors (Lipinski definition) is 1. The summed E-state index contributed by atoms with van der Waals surface area (Å²) in [5.41, 5.74) is 5.18. The Morgan fingerprint density at radius 3 is 2.55 bits per heavy atom. The van der Waals surface area contributed by atoms with Crippen LogP contribution < -0.4 is 5.73 Å². The van der Waals surface area contributed by atoms with Gasteiger partial charge in [0.15, 0.2) is 0 Å². The summed E-state index contributed by atoms with van der Waals surface area (Å²) < 4.78 is 0. The van der Waals surface area contributed by atoms with Gasteiger partial charge in [-0.3, -0.25) is 4.79 Å². The van der Waals surface area contributed by atoms with Crippen LogP contribution in [0.4, 0.5) is 0 Å². The minimum atomic E-state index is 0.188. The maximum Gasteiger partial charge on any atom is 0.146 e. The van der Waals surface area contributed by atoms with E-state index < -0.39 is 0 Å². The molecule has 0 aromatic rings. The van der Waals surface area contributed by atoms with Crippen molar-refractivity contribution in [2.45, 2.75) is 39.5 Å². The molecule has 0 aliphatic heterocycles. The van der Waals surface area contributed by atoms with Crippen LogP contribution in [0.3, 0.4) is 0 Å². The molecule has 0 heterocycles. The highest BCUT2D eigenvalue weighted by atomic mass is 16.1. The van der Waals surface area contributed by atoms with Crippen LogP contribution in [-0.2, 0) is 4.79 Å². The second-order valence-corrected chi connectivity index (χ2v) is 3.18. The molecule has 1 atom stereocenters. The highest BCUT2D eigenvalue weighted by molar-refractivity contribution is 5.80. The second-order valence-electron chi connectivity index (χ2n) is 3.18. The normalized spacial score (nSPS) is 13.0. The molecular formula is C9H19NO. The lowest BCUT2D eigenvalue weighted by Crippen LogP contribution is -2.13. The third kappa shape index (κ3) is 6.05. The topological polar surface area (TPSA) is 43.1 Å². The predicted octanol–water partition coefficient (Wildman–Crippen LogP) is 1.73. The maximum atomic E-state index is 10.8. The van der Waals surface area contributed by atoms with E-state index in [4.69, 9.17) is 5.73 Å². The van der Waals surface area contributed by atoms with Crippen LogP contribution in [-0.4, -0.2) is 12.3 Å². The molecule has 1 unspecified atom stereocenters. The molecule has 11 heavy (non-hydrogen) atoms. The van der Waals surface area contributed by atoms with Crippen LogP contribution in [0.25, 0.3) is 0 Å². The molecule has 66 valence electrons. The molecule has 0 amide bonds. The Hall–Kier alpha value is -0.370. The quantitative estimate of drug-likeness (QED) is 0.638. The minimum absolute atomic E-state index is 0.188. The smallest absolute Gasteiger partial charge is 0.146 e. The Morgan fingerprint density at radius 1 is 1.45 bits per heavy atom. The first-order chi connectivity index (χ1) is 5.20. The SMILES string of the molecule is CCCC(C)CCC(=O)CN. The van der Waals surface area contributed by atoms with Crippen LogP contribution in [0.2, 0.25) is 0 Å². The molecule has 0 aliphatic rings. The predicted molar refractivity (Wildman–Crippen MR) is 47.4 cm³/mol. The summed E-state index contributed by atoms with van der Waals surface area (Å²) in [6.45, 7) is 4.56. The third-order valence-electron chi connectivity index (χ3n) is 1.93. The molecule has 0 saturated heterocycles. The second kappa shape index (κ2) is 6.35. The van der Waals surface area contributed by atoms with E-state index in [0.717, 1.165) is 6.42 Å². The van der Waals surface area contributed by atoms with E-state index in [2.05, 4.69) is 13.8 Å². The lowest BCUT2D eigenvalue weighted by atomic mass is 9.99. The van der Waals surface area contributed by atoms with Gasteiger partial charge < -0.3 is 5.73 Å². The summed E-state index contributed by atoms with van der Waals surface area (Å²) in [6.07, 6.45) is 4.09. The lowest BCUT2D eigenvalue weighted by Gasteiger charge is -2.07. The van der Waals surface area contributed by atoms with Crippen molar-refractivity contribution in [3.05, 3.63) is 0 Å². The zero-order valence-corrected chi connectivity index (χ0v) is 7.60. The van der Waals surface area contributed by atoms with Gasteiger partial charge in [0.1, 0.15) is 5.78 Å². The highest BCUT2D eigenvalue weighted by Crippen LogP contribution is 2.11. The van der Waals surface area contributed by atoms with E-state index in [1.54, 1.807) is 0 Å². The Kier molecular flexibility index (Phi) is 6.13. The van der Waals surface area contributed by atoms with Gasteiger partial charge in [0.25, 0.3) is 0 Å². The minimum Gasteiger partial charge on any atom is -0.324 e. The van der Waals surface area contributed by atoms with Crippen LogP contribution in [0, 0.1) is 5.92 Å². The van der Waals surface area contributed by atoms with E-state index in [-0.39, 0.29) is 12.3 Å². The first-order valence-electron chi connectivity index (χ1n) is 4.42. The monoisotopic (exact) mass is 157 g/mol. The van der Waals surface area contributed by atoms with Gasteiger partial charge in [0, 0.05) is 6.42 Å². The molecule has 2 nitrogen and oxygen atoms in total. The Morgan fingerprint density at radius 2 is 2.09 bits per heavy atom. The van der Waals surface area contributed by atoms with E-state index >= 15 is 0 Å². The molecule has 2 N–H and O–H groups in total. The standard InChI is InChI=1S/C9H19NO/c1-3-4-8(2)5-6-9(11)7-10/h8H,3-7,10H2,1-2H3. The first kappa shape index (κ1) is 10.6. The summed E-state index contributed by atoms with van der Waals surface area (Å²) in [5.74, 6) is 0.864. The summed E-state index contributed by atoms with van der Waals surface area (Å²) in [7, 11) is 0. The van der Waals surface area contributed by atoms with Crippen LogP contribution in [0.15, 0.2) is 0 Å². The number of hydrogen-bond acceptors (Lipinski definition) is 2. The summed E-state index contributed by atoms with van der Waals surface area (Å²) in [4.78, 5) is 10.8. The fourth-order valence-corrected chi connectivity index (χ4v) is 1.15. The third-order valence-corrected chi connectivity index (χ3v) is 1.93. The van der Waals surface area contributed by atoms with Crippen molar-refractivity contribution >= 4 is 5.78 Å². The molecule has 0 bridgehead atoms. The van der Waals surface area contributed by atoms with E-state index in [1.165, 1.54) is 12.8 Å². The van der Waals surface area contributed by atoms with Crippen LogP contribution >= 0.6 is 0 Å². The number of Topliss-reactive ketones (excluding diaryl/α,β-unsaturated/α-hetero) is 1. The molecule has 0 saturated carbocycles. The fourth-order valence-electron chi connectivity index (χ4n) is 1.15. The number of carbonyl (C=O) groups excluding carboxylic acids is 1. The number of nitrogens with two attached hydrogens (primary N) is 1. The van der Waals surface area contributed by atoms with E-state index in [9.17, 15) is 4.79 Å². The Balaban J connectivity index is 3.29. The van der Waals surface area contributed by atoms with E-state index in [0.29, 0.717) is 12.3 Å². The largest absolute Gasteiger partial charge is 0.324 e. The van der Waals surface area contributed by atoms with E-state index in [1.807, 2.05) is 0 Å². The Bertz CT molecular complexity index is 112. The van der Waals surface area contributed by atoms with Gasteiger partial charge in [-0.15, -0.1) is 0 Å². The Labute approximate surface area is 69.2 Å². The summed E-state index contributed by atoms with van der Waals surface area (Å²) in [5, 5.41) is 0. The first-order valence-corrected chi connectivity index (χ1v) is 4.42. The van der Waals surface area contributed by atoms with Crippen molar-refractivity contribution in [1.82, 2.24) is 0 Å². The van der Waals surface area contributed by atoms with Crippen molar-refractivity contribution in [3.8, 4) is 0 Å². The summed E-state index contributed by atoms with van der Waals surface area (Å²) in [6, 6.07) is 0. The molecule has 0 rings (SSSR count). The molecule has 2 heteroatoms. The average molecular weight is 157 g/mol. The maximum absolute atomic E-state index is 10.8. The summed E-state index contributed by atoms with van der Waals surface area (Å²) >= 11 is 0. The van der Waals surface area contributed by atoms with Gasteiger partial charge in [-0.05, 0) is 12.3 Å². The van der Waals surface area contributed by atoms with Crippen molar-refractivity contribution in [3.63, 3.8) is 0 Å². The number of ketones is 1. The zero-order chi connectivity index (χ0) is 8.69. The zero-order valence-electron chi connectivity index (χ0n) is 7.60. The van der Waals surface area contributed by atoms with Gasteiger partial charge in [-0.1, -0.05) is 26.7 Å². The molecule has 0 aromatic carbocycles. The number of rotatable bonds is 6. The fraction of sp³-hybridized carbons (Fsp3) is 0.889. The highest BCUT2D eigenvalue weighted by Gasteiger charge is 2.03. The van der Waals surface area contributed by atoms with Crippen molar-refractivity contribution in [2.24, 2.45) is 11.7 Å². The van der Waals surface area contributed by atoms with Gasteiger partial charge in [-0.2, -0.15) is 0 Å². The van der Waals surface area contributed by atoms with Gasteiger partial charge in [0.05, 0.1) is 6.54 Å². The average Bonchev–Trinajstić information content (AvgIpc) is 2.01. The van der Waals surface area contributed by atoms with Gasteiger partial charge >= 0.3 is 0 Å². The molecule has 0 aliphatic carbocycles. The van der Waals surface area contributed by atoms with Crippen molar-refractivity contribution in [1.29, 1.82) is 0 Å². The molecule has 0 aromatic heterocycles.